The lowest BCUT2D eigenvalue weighted by molar-refractivity contribution is 0.200. The van der Waals surface area contributed by atoms with Crippen molar-refractivity contribution in [1.82, 2.24) is 4.90 Å². The van der Waals surface area contributed by atoms with Gasteiger partial charge >= 0.3 is 0 Å². The molecule has 2 heteroatoms. The summed E-state index contributed by atoms with van der Waals surface area (Å²) in [5.74, 6) is 2.90. The molecule has 0 spiro atoms. The Hall–Kier alpha value is -0.0800. The van der Waals surface area contributed by atoms with E-state index >= 15 is 0 Å². The van der Waals surface area contributed by atoms with Crippen molar-refractivity contribution in [1.29, 1.82) is 0 Å². The predicted octanol–water partition coefficient (Wildman–Crippen LogP) is 0.923. The molecule has 0 aromatic rings. The third kappa shape index (κ3) is 1.64. The predicted molar refractivity (Wildman–Crippen MR) is 50.9 cm³/mol. The Morgan fingerprint density at radius 1 is 1.33 bits per heavy atom. The van der Waals surface area contributed by atoms with Gasteiger partial charge in [-0.05, 0) is 63.7 Å². The number of nitrogens with zero attached hydrogens (tertiary/aromatic N) is 1. The molecule has 1 saturated heterocycles. The molecular weight excluding hydrogens is 148 g/mol. The number of hydrogen-bond donors (Lipinski definition) is 1. The molecule has 0 aromatic heterocycles. The largest absolute Gasteiger partial charge is 0.330 e. The Labute approximate surface area is 75.1 Å². The van der Waals surface area contributed by atoms with Crippen LogP contribution < -0.4 is 5.73 Å². The van der Waals surface area contributed by atoms with Gasteiger partial charge in [-0.1, -0.05) is 0 Å². The molecule has 1 saturated carbocycles. The van der Waals surface area contributed by atoms with Gasteiger partial charge in [-0.3, -0.25) is 0 Å². The summed E-state index contributed by atoms with van der Waals surface area (Å²) in [5, 5.41) is 0. The Morgan fingerprint density at radius 2 is 2.00 bits per heavy atom. The standard InChI is InChI=1S/C10H20N2/c1-12-4-2-8(3-5-12)10-6-9(10)7-11/h8-10H,2-7,11H2,1H3/t9-,10-/m0/s1. The molecule has 1 aliphatic heterocycles. The van der Waals surface area contributed by atoms with E-state index in [2.05, 4.69) is 11.9 Å². The fourth-order valence-corrected chi connectivity index (χ4v) is 2.58. The van der Waals surface area contributed by atoms with Crippen molar-refractivity contribution in [2.75, 3.05) is 26.7 Å². The van der Waals surface area contributed by atoms with Gasteiger partial charge in [0.1, 0.15) is 0 Å². The Morgan fingerprint density at radius 3 is 2.50 bits per heavy atom. The summed E-state index contributed by atoms with van der Waals surface area (Å²) in [7, 11) is 2.23. The highest BCUT2D eigenvalue weighted by Gasteiger charge is 2.41. The molecule has 1 aliphatic carbocycles. The number of rotatable bonds is 2. The smallest absolute Gasteiger partial charge is 0.00190 e. The van der Waals surface area contributed by atoms with Gasteiger partial charge in [0.25, 0.3) is 0 Å². The van der Waals surface area contributed by atoms with Crippen LogP contribution in [0, 0.1) is 17.8 Å². The normalized spacial score (nSPS) is 38.5. The maximum Gasteiger partial charge on any atom is -0.00190 e. The summed E-state index contributed by atoms with van der Waals surface area (Å²) >= 11 is 0. The van der Waals surface area contributed by atoms with Crippen molar-refractivity contribution in [3.63, 3.8) is 0 Å². The lowest BCUT2D eigenvalue weighted by Gasteiger charge is -2.29. The minimum atomic E-state index is 0.887. The minimum Gasteiger partial charge on any atom is -0.330 e. The highest BCUT2D eigenvalue weighted by Crippen LogP contribution is 2.46. The van der Waals surface area contributed by atoms with Gasteiger partial charge in [0.15, 0.2) is 0 Å². The van der Waals surface area contributed by atoms with E-state index in [4.69, 9.17) is 5.73 Å². The third-order valence-electron chi connectivity index (χ3n) is 3.65. The van der Waals surface area contributed by atoms with E-state index in [1.165, 1.54) is 32.4 Å². The molecule has 2 aliphatic rings. The molecule has 0 bridgehead atoms. The lowest BCUT2D eigenvalue weighted by Crippen LogP contribution is -2.31. The first-order valence-electron chi connectivity index (χ1n) is 5.20. The van der Waals surface area contributed by atoms with Crippen LogP contribution in [-0.4, -0.2) is 31.6 Å². The van der Waals surface area contributed by atoms with Gasteiger partial charge in [-0.15, -0.1) is 0 Å². The molecule has 2 nitrogen and oxygen atoms in total. The van der Waals surface area contributed by atoms with Crippen molar-refractivity contribution in [2.24, 2.45) is 23.5 Å². The van der Waals surface area contributed by atoms with E-state index in [-0.39, 0.29) is 0 Å². The topological polar surface area (TPSA) is 29.3 Å². The summed E-state index contributed by atoms with van der Waals surface area (Å²) in [6.07, 6.45) is 4.25. The van der Waals surface area contributed by atoms with Gasteiger partial charge in [0, 0.05) is 0 Å². The van der Waals surface area contributed by atoms with E-state index in [0.29, 0.717) is 0 Å². The van der Waals surface area contributed by atoms with Gasteiger partial charge in [-0.25, -0.2) is 0 Å². The van der Waals surface area contributed by atoms with Crippen LogP contribution in [-0.2, 0) is 0 Å². The maximum absolute atomic E-state index is 5.65. The second-order valence-corrected chi connectivity index (χ2v) is 4.54. The summed E-state index contributed by atoms with van der Waals surface area (Å²) in [6, 6.07) is 0. The molecule has 70 valence electrons. The van der Waals surface area contributed by atoms with Crippen LogP contribution in [0.2, 0.25) is 0 Å². The van der Waals surface area contributed by atoms with Crippen molar-refractivity contribution in [3.05, 3.63) is 0 Å². The van der Waals surface area contributed by atoms with E-state index in [0.717, 1.165) is 24.3 Å². The quantitative estimate of drug-likeness (QED) is 0.664. The van der Waals surface area contributed by atoms with Crippen molar-refractivity contribution in [2.45, 2.75) is 19.3 Å². The molecule has 12 heavy (non-hydrogen) atoms. The zero-order valence-corrected chi connectivity index (χ0v) is 8.00. The molecule has 1 heterocycles. The Kier molecular flexibility index (Phi) is 2.37. The van der Waals surface area contributed by atoms with Crippen molar-refractivity contribution in [3.8, 4) is 0 Å². The summed E-state index contributed by atoms with van der Waals surface area (Å²) in [5.41, 5.74) is 5.65. The SMILES string of the molecule is CN1CCC([C@@H]2C[C@H]2CN)CC1. The number of nitrogens with two attached hydrogens (primary N) is 1. The van der Waals surface area contributed by atoms with Gasteiger partial charge in [0.2, 0.25) is 0 Å². The maximum atomic E-state index is 5.65. The first kappa shape index (κ1) is 8.52. The zero-order valence-electron chi connectivity index (χ0n) is 8.00. The summed E-state index contributed by atoms with van der Waals surface area (Å²) in [4.78, 5) is 2.44. The Bertz CT molecular complexity index is 150. The molecule has 2 rings (SSSR count). The van der Waals surface area contributed by atoms with Gasteiger partial charge in [0.05, 0.1) is 0 Å². The molecular formula is C10H20N2. The van der Waals surface area contributed by atoms with Crippen molar-refractivity contribution < 1.29 is 0 Å². The van der Waals surface area contributed by atoms with Gasteiger partial charge < -0.3 is 10.6 Å². The number of hydrogen-bond acceptors (Lipinski definition) is 2. The third-order valence-corrected chi connectivity index (χ3v) is 3.65. The zero-order chi connectivity index (χ0) is 8.55. The molecule has 0 unspecified atom stereocenters. The first-order valence-corrected chi connectivity index (χ1v) is 5.20. The summed E-state index contributed by atoms with van der Waals surface area (Å²) in [6.45, 7) is 3.54. The van der Waals surface area contributed by atoms with Crippen LogP contribution >= 0.6 is 0 Å². The first-order chi connectivity index (χ1) is 5.81. The molecule has 2 N–H and O–H groups in total. The second kappa shape index (κ2) is 3.35. The molecule has 0 amide bonds. The molecule has 2 atom stereocenters. The number of piperidine rings is 1. The van der Waals surface area contributed by atoms with Gasteiger partial charge in [-0.2, -0.15) is 0 Å². The van der Waals surface area contributed by atoms with Crippen LogP contribution in [0.3, 0.4) is 0 Å². The molecule has 0 aromatic carbocycles. The minimum absolute atomic E-state index is 0.887. The Balaban J connectivity index is 1.76. The highest BCUT2D eigenvalue weighted by atomic mass is 15.1. The fraction of sp³-hybridized carbons (Fsp3) is 1.00. The average Bonchev–Trinajstić information content (AvgIpc) is 2.85. The van der Waals surface area contributed by atoms with E-state index < -0.39 is 0 Å². The summed E-state index contributed by atoms with van der Waals surface area (Å²) < 4.78 is 0. The van der Waals surface area contributed by atoms with Crippen LogP contribution in [0.25, 0.3) is 0 Å². The second-order valence-electron chi connectivity index (χ2n) is 4.54. The van der Waals surface area contributed by atoms with Crippen molar-refractivity contribution >= 4 is 0 Å². The molecule has 2 fully saturated rings. The van der Waals surface area contributed by atoms with E-state index in [1.807, 2.05) is 0 Å². The van der Waals surface area contributed by atoms with Crippen LogP contribution in [0.15, 0.2) is 0 Å². The number of likely N-dealkylation sites (tertiary alicyclic amines) is 1. The molecule has 0 radical (unpaired) electrons. The monoisotopic (exact) mass is 168 g/mol. The van der Waals surface area contributed by atoms with E-state index in [1.54, 1.807) is 0 Å². The average molecular weight is 168 g/mol. The fourth-order valence-electron chi connectivity index (χ4n) is 2.58. The van der Waals surface area contributed by atoms with Crippen LogP contribution in [0.1, 0.15) is 19.3 Å². The van der Waals surface area contributed by atoms with Crippen LogP contribution in [0.4, 0.5) is 0 Å². The lowest BCUT2D eigenvalue weighted by atomic mass is 9.91. The van der Waals surface area contributed by atoms with Crippen LogP contribution in [0.5, 0.6) is 0 Å². The highest BCUT2D eigenvalue weighted by molar-refractivity contribution is 4.93. The van der Waals surface area contributed by atoms with E-state index in [9.17, 15) is 0 Å².